The van der Waals surface area contributed by atoms with Crippen molar-refractivity contribution < 1.29 is 14.4 Å². The van der Waals surface area contributed by atoms with Gasteiger partial charge in [0.1, 0.15) is 17.8 Å². The van der Waals surface area contributed by atoms with Gasteiger partial charge in [-0.25, -0.2) is 0 Å². The lowest BCUT2D eigenvalue weighted by Gasteiger charge is -2.20. The summed E-state index contributed by atoms with van der Waals surface area (Å²) in [6.45, 7) is 1.48. The van der Waals surface area contributed by atoms with E-state index in [9.17, 15) is 14.4 Å². The molecule has 3 aromatic rings. The Labute approximate surface area is 192 Å². The number of ketones is 1. The van der Waals surface area contributed by atoms with E-state index in [1.165, 1.54) is 6.92 Å². The Bertz CT molecular complexity index is 1160. The predicted octanol–water partition coefficient (Wildman–Crippen LogP) is 3.71. The van der Waals surface area contributed by atoms with Gasteiger partial charge in [0.25, 0.3) is 11.8 Å². The van der Waals surface area contributed by atoms with Gasteiger partial charge in [0.05, 0.1) is 5.69 Å². The van der Waals surface area contributed by atoms with E-state index in [4.69, 9.17) is 0 Å². The maximum absolute atomic E-state index is 13.2. The zero-order chi connectivity index (χ0) is 23.2. The maximum atomic E-state index is 13.2. The van der Waals surface area contributed by atoms with Gasteiger partial charge in [-0.15, -0.1) is 0 Å². The molecule has 2 unspecified atom stereocenters. The van der Waals surface area contributed by atoms with Crippen molar-refractivity contribution in [1.29, 1.82) is 0 Å². The summed E-state index contributed by atoms with van der Waals surface area (Å²) in [6, 6.07) is 25.8. The standard InChI is InChI=1S/C26H24N4O3/c1-18(31)23-17-22(29-30(23)21-15-9-4-10-16-21)25(32)28-24(19-11-5-2-6-12-19)26(33)27-20-13-7-3-8-14-20/h2-16,23-24H,17H2,1H3,(H,27,33)(H,28,32). The molecule has 166 valence electrons. The minimum absolute atomic E-state index is 0.0909. The highest BCUT2D eigenvalue weighted by Gasteiger charge is 2.35. The number of rotatable bonds is 7. The Morgan fingerprint density at radius 1 is 0.879 bits per heavy atom. The van der Waals surface area contributed by atoms with Crippen LogP contribution < -0.4 is 15.6 Å². The monoisotopic (exact) mass is 440 g/mol. The summed E-state index contributed by atoms with van der Waals surface area (Å²) in [7, 11) is 0. The average molecular weight is 441 g/mol. The third-order valence-electron chi connectivity index (χ3n) is 5.37. The van der Waals surface area contributed by atoms with Gasteiger partial charge in [-0.3, -0.25) is 19.4 Å². The Hall–Kier alpha value is -4.26. The van der Waals surface area contributed by atoms with Crippen molar-refractivity contribution in [2.45, 2.75) is 25.4 Å². The van der Waals surface area contributed by atoms with Crippen LogP contribution in [-0.4, -0.2) is 29.4 Å². The molecule has 7 heteroatoms. The molecule has 2 N–H and O–H groups in total. The summed E-state index contributed by atoms with van der Waals surface area (Å²) >= 11 is 0. The molecule has 7 nitrogen and oxygen atoms in total. The van der Waals surface area contributed by atoms with E-state index in [-0.39, 0.29) is 23.8 Å². The SMILES string of the molecule is CC(=O)C1CC(C(=O)NC(C(=O)Nc2ccccc2)c2ccccc2)=NN1c1ccccc1. The first-order chi connectivity index (χ1) is 16.0. The highest BCUT2D eigenvalue weighted by atomic mass is 16.2. The highest BCUT2D eigenvalue weighted by molar-refractivity contribution is 6.40. The quantitative estimate of drug-likeness (QED) is 0.586. The number of amides is 2. The number of nitrogens with zero attached hydrogens (tertiary/aromatic N) is 2. The van der Waals surface area contributed by atoms with E-state index in [0.717, 1.165) is 5.69 Å². The van der Waals surface area contributed by atoms with Crippen molar-refractivity contribution in [3.63, 3.8) is 0 Å². The number of hydrazone groups is 1. The Morgan fingerprint density at radius 2 is 1.45 bits per heavy atom. The van der Waals surface area contributed by atoms with Gasteiger partial charge in [-0.2, -0.15) is 5.10 Å². The van der Waals surface area contributed by atoms with Crippen molar-refractivity contribution in [2.75, 3.05) is 10.3 Å². The van der Waals surface area contributed by atoms with Gasteiger partial charge in [-0.1, -0.05) is 66.7 Å². The molecule has 3 aromatic carbocycles. The van der Waals surface area contributed by atoms with Gasteiger partial charge in [0, 0.05) is 12.1 Å². The lowest BCUT2D eigenvalue weighted by molar-refractivity contribution is -0.123. The number of benzene rings is 3. The molecule has 0 saturated heterocycles. The van der Waals surface area contributed by atoms with Crippen LogP contribution in [0.25, 0.3) is 0 Å². The molecule has 1 heterocycles. The van der Waals surface area contributed by atoms with Gasteiger partial charge in [-0.05, 0) is 36.8 Å². The van der Waals surface area contributed by atoms with Crippen molar-refractivity contribution >= 4 is 34.7 Å². The molecule has 0 saturated carbocycles. The van der Waals surface area contributed by atoms with Crippen LogP contribution in [0.1, 0.15) is 24.9 Å². The number of Topliss-reactive ketones (excluding diaryl/α,β-unsaturated/α-hetero) is 1. The van der Waals surface area contributed by atoms with Crippen molar-refractivity contribution in [3.8, 4) is 0 Å². The number of carbonyl (C=O) groups excluding carboxylic acids is 3. The van der Waals surface area contributed by atoms with E-state index in [1.807, 2.05) is 54.6 Å². The largest absolute Gasteiger partial charge is 0.335 e. The van der Waals surface area contributed by atoms with Crippen molar-refractivity contribution in [2.24, 2.45) is 5.10 Å². The maximum Gasteiger partial charge on any atom is 0.268 e. The van der Waals surface area contributed by atoms with Crippen LogP contribution in [0.3, 0.4) is 0 Å². The van der Waals surface area contributed by atoms with Crippen LogP contribution in [0.5, 0.6) is 0 Å². The fourth-order valence-electron chi connectivity index (χ4n) is 3.68. The smallest absolute Gasteiger partial charge is 0.268 e. The first kappa shape index (κ1) is 22.0. The molecule has 0 bridgehead atoms. The molecule has 0 aromatic heterocycles. The van der Waals surface area contributed by atoms with Crippen LogP contribution in [0.2, 0.25) is 0 Å². The molecule has 2 amide bonds. The molecule has 0 aliphatic carbocycles. The summed E-state index contributed by atoms with van der Waals surface area (Å²) in [5, 5.41) is 11.7. The van der Waals surface area contributed by atoms with Crippen LogP contribution >= 0.6 is 0 Å². The highest BCUT2D eigenvalue weighted by Crippen LogP contribution is 2.25. The summed E-state index contributed by atoms with van der Waals surface area (Å²) in [5.74, 6) is -0.953. The molecular formula is C26H24N4O3. The van der Waals surface area contributed by atoms with Gasteiger partial charge >= 0.3 is 0 Å². The molecule has 4 rings (SSSR count). The number of anilines is 2. The third kappa shape index (κ3) is 5.15. The normalized spacial score (nSPS) is 16.0. The van der Waals surface area contributed by atoms with Crippen LogP contribution in [0.15, 0.2) is 96.1 Å². The van der Waals surface area contributed by atoms with E-state index < -0.39 is 18.0 Å². The first-order valence-electron chi connectivity index (χ1n) is 10.7. The summed E-state index contributed by atoms with van der Waals surface area (Å²) in [4.78, 5) is 38.5. The predicted molar refractivity (Wildman–Crippen MR) is 128 cm³/mol. The van der Waals surface area contributed by atoms with Crippen molar-refractivity contribution in [3.05, 3.63) is 96.6 Å². The second-order valence-electron chi connectivity index (χ2n) is 7.73. The Kier molecular flexibility index (Phi) is 6.59. The lowest BCUT2D eigenvalue weighted by atomic mass is 10.0. The zero-order valence-electron chi connectivity index (χ0n) is 18.1. The van der Waals surface area contributed by atoms with E-state index in [2.05, 4.69) is 15.7 Å². The van der Waals surface area contributed by atoms with E-state index in [1.54, 1.807) is 41.4 Å². The van der Waals surface area contributed by atoms with Crippen molar-refractivity contribution in [1.82, 2.24) is 5.32 Å². The molecule has 1 aliphatic heterocycles. The second-order valence-corrected chi connectivity index (χ2v) is 7.73. The van der Waals surface area contributed by atoms with Gasteiger partial charge in [0.15, 0.2) is 5.78 Å². The number of carbonyl (C=O) groups is 3. The minimum Gasteiger partial charge on any atom is -0.335 e. The number of nitrogens with one attached hydrogen (secondary N) is 2. The fraction of sp³-hybridized carbons (Fsp3) is 0.154. The molecule has 0 radical (unpaired) electrons. The van der Waals surface area contributed by atoms with E-state index >= 15 is 0 Å². The molecule has 0 spiro atoms. The lowest BCUT2D eigenvalue weighted by Crippen LogP contribution is -2.40. The van der Waals surface area contributed by atoms with Gasteiger partial charge in [0.2, 0.25) is 0 Å². The fourth-order valence-corrected chi connectivity index (χ4v) is 3.68. The van der Waals surface area contributed by atoms with Gasteiger partial charge < -0.3 is 10.6 Å². The Morgan fingerprint density at radius 3 is 2.06 bits per heavy atom. The second kappa shape index (κ2) is 9.91. The van der Waals surface area contributed by atoms with E-state index in [0.29, 0.717) is 11.3 Å². The zero-order valence-corrected chi connectivity index (χ0v) is 18.1. The molecule has 1 aliphatic rings. The Balaban J connectivity index is 1.57. The van der Waals surface area contributed by atoms with Crippen LogP contribution in [0, 0.1) is 0 Å². The van der Waals surface area contributed by atoms with Crippen LogP contribution in [0.4, 0.5) is 11.4 Å². The minimum atomic E-state index is -0.928. The number of hydrogen-bond acceptors (Lipinski definition) is 5. The molecule has 33 heavy (non-hydrogen) atoms. The average Bonchev–Trinajstić information content (AvgIpc) is 3.30. The third-order valence-corrected chi connectivity index (χ3v) is 5.37. The summed E-state index contributed by atoms with van der Waals surface area (Å²) in [5.41, 5.74) is 2.19. The summed E-state index contributed by atoms with van der Waals surface area (Å²) in [6.07, 6.45) is 0.165. The number of para-hydroxylation sites is 2. The topological polar surface area (TPSA) is 90.9 Å². The summed E-state index contributed by atoms with van der Waals surface area (Å²) < 4.78 is 0. The molecule has 0 fully saturated rings. The number of hydrogen-bond donors (Lipinski definition) is 2. The molecule has 2 atom stereocenters. The van der Waals surface area contributed by atoms with Crippen LogP contribution in [-0.2, 0) is 14.4 Å². The molecular weight excluding hydrogens is 416 g/mol. The first-order valence-corrected chi connectivity index (χ1v) is 10.7.